The number of nitrogens with two attached hydrogens (primary N) is 1. The lowest BCUT2D eigenvalue weighted by Crippen LogP contribution is -1.97. The molecule has 3 nitrogen and oxygen atoms in total. The summed E-state index contributed by atoms with van der Waals surface area (Å²) in [5, 5.41) is 11.8. The average Bonchev–Trinajstić information content (AvgIpc) is 2.59. The molecule has 4 heteroatoms. The molecule has 1 heterocycles. The van der Waals surface area contributed by atoms with Crippen LogP contribution in [0.3, 0.4) is 0 Å². The smallest absolute Gasteiger partial charge is 0.337 e. The monoisotopic (exact) mass is 207 g/mol. The number of carbonyl (C=O) groups is 1. The Morgan fingerprint density at radius 2 is 2.29 bits per heavy atom. The van der Waals surface area contributed by atoms with Crippen LogP contribution in [-0.4, -0.2) is 11.1 Å². The first-order chi connectivity index (χ1) is 6.74. The van der Waals surface area contributed by atoms with E-state index in [0.29, 0.717) is 12.1 Å². The number of carboxylic acid groups (broad SMARTS) is 1. The lowest BCUT2D eigenvalue weighted by Gasteiger charge is -1.97. The highest BCUT2D eigenvalue weighted by molar-refractivity contribution is 7.17. The highest BCUT2D eigenvalue weighted by atomic mass is 32.1. The van der Waals surface area contributed by atoms with Crippen molar-refractivity contribution in [3.8, 4) is 0 Å². The summed E-state index contributed by atoms with van der Waals surface area (Å²) in [5.74, 6) is -0.888. The molecule has 72 valence electrons. The summed E-state index contributed by atoms with van der Waals surface area (Å²) in [5.41, 5.74) is 6.91. The van der Waals surface area contributed by atoms with Crippen LogP contribution in [0.5, 0.6) is 0 Å². The first-order valence-electron chi connectivity index (χ1n) is 4.16. The van der Waals surface area contributed by atoms with Crippen molar-refractivity contribution in [1.82, 2.24) is 0 Å². The molecule has 0 unspecified atom stereocenters. The number of hydrogen-bond acceptors (Lipinski definition) is 3. The summed E-state index contributed by atoms with van der Waals surface area (Å²) < 4.78 is 0.806. The Morgan fingerprint density at radius 1 is 1.50 bits per heavy atom. The van der Waals surface area contributed by atoms with Crippen LogP contribution in [0.1, 0.15) is 15.9 Å². The molecular formula is C10H9NO2S. The van der Waals surface area contributed by atoms with Gasteiger partial charge in [-0.1, -0.05) is 12.1 Å². The largest absolute Gasteiger partial charge is 0.478 e. The van der Waals surface area contributed by atoms with Crippen molar-refractivity contribution in [3.63, 3.8) is 0 Å². The van der Waals surface area contributed by atoms with Gasteiger partial charge in [0.05, 0.1) is 5.56 Å². The zero-order valence-corrected chi connectivity index (χ0v) is 8.17. The van der Waals surface area contributed by atoms with Gasteiger partial charge in [-0.2, -0.15) is 0 Å². The summed E-state index contributed by atoms with van der Waals surface area (Å²) in [7, 11) is 0. The fourth-order valence-electron chi connectivity index (χ4n) is 1.44. The number of hydrogen-bond donors (Lipinski definition) is 2. The van der Waals surface area contributed by atoms with Gasteiger partial charge in [0, 0.05) is 11.2 Å². The van der Waals surface area contributed by atoms with E-state index in [1.54, 1.807) is 12.1 Å². The van der Waals surface area contributed by atoms with E-state index in [1.807, 2.05) is 11.4 Å². The predicted molar refractivity (Wildman–Crippen MR) is 56.7 cm³/mol. The number of fused-ring (bicyclic) bond motifs is 1. The van der Waals surface area contributed by atoms with Gasteiger partial charge in [-0.3, -0.25) is 0 Å². The van der Waals surface area contributed by atoms with E-state index in [-0.39, 0.29) is 0 Å². The van der Waals surface area contributed by atoms with Gasteiger partial charge >= 0.3 is 5.97 Å². The highest BCUT2D eigenvalue weighted by Gasteiger charge is 2.11. The molecule has 0 saturated carbocycles. The predicted octanol–water partition coefficient (Wildman–Crippen LogP) is 2.06. The van der Waals surface area contributed by atoms with E-state index in [2.05, 4.69) is 0 Å². The SMILES string of the molecule is NCc1csc2c(C(=O)O)cccc12. The molecule has 2 aromatic rings. The third kappa shape index (κ3) is 1.29. The van der Waals surface area contributed by atoms with Crippen molar-refractivity contribution in [2.45, 2.75) is 6.54 Å². The third-order valence-electron chi connectivity index (χ3n) is 2.13. The second-order valence-corrected chi connectivity index (χ2v) is 3.83. The number of benzene rings is 1. The van der Waals surface area contributed by atoms with Crippen molar-refractivity contribution in [1.29, 1.82) is 0 Å². The quantitative estimate of drug-likeness (QED) is 0.792. The molecule has 0 atom stereocenters. The van der Waals surface area contributed by atoms with Crippen LogP contribution in [0.4, 0.5) is 0 Å². The number of thiophene rings is 1. The van der Waals surface area contributed by atoms with Crippen LogP contribution >= 0.6 is 11.3 Å². The minimum Gasteiger partial charge on any atom is -0.478 e. The van der Waals surface area contributed by atoms with Gasteiger partial charge in [0.1, 0.15) is 0 Å². The molecule has 14 heavy (non-hydrogen) atoms. The second kappa shape index (κ2) is 3.40. The van der Waals surface area contributed by atoms with Gasteiger partial charge in [-0.15, -0.1) is 11.3 Å². The van der Waals surface area contributed by atoms with Crippen molar-refractivity contribution >= 4 is 27.4 Å². The summed E-state index contributed by atoms with van der Waals surface area (Å²) >= 11 is 1.43. The Morgan fingerprint density at radius 3 is 2.93 bits per heavy atom. The van der Waals surface area contributed by atoms with Gasteiger partial charge in [0.2, 0.25) is 0 Å². The Bertz CT molecular complexity index is 490. The fraction of sp³-hybridized carbons (Fsp3) is 0.100. The molecule has 0 amide bonds. The Labute approximate surface area is 84.8 Å². The maximum Gasteiger partial charge on any atom is 0.337 e. The summed E-state index contributed by atoms with van der Waals surface area (Å²) in [6, 6.07) is 5.26. The third-order valence-corrected chi connectivity index (χ3v) is 3.21. The molecule has 1 aromatic carbocycles. The molecule has 0 radical (unpaired) electrons. The maximum absolute atomic E-state index is 10.9. The number of rotatable bonds is 2. The van der Waals surface area contributed by atoms with Gasteiger partial charge in [-0.05, 0) is 22.4 Å². The molecule has 0 aliphatic carbocycles. The van der Waals surface area contributed by atoms with Crippen molar-refractivity contribution in [2.75, 3.05) is 0 Å². The summed E-state index contributed by atoms with van der Waals surface area (Å²) in [6.45, 7) is 0.447. The zero-order valence-electron chi connectivity index (χ0n) is 7.36. The van der Waals surface area contributed by atoms with Crippen LogP contribution in [-0.2, 0) is 6.54 Å². The van der Waals surface area contributed by atoms with Gasteiger partial charge < -0.3 is 10.8 Å². The standard InChI is InChI=1S/C10H9NO2S/c11-4-6-5-14-9-7(6)2-1-3-8(9)10(12)13/h1-3,5H,4,11H2,(H,12,13). The van der Waals surface area contributed by atoms with Gasteiger partial charge in [0.25, 0.3) is 0 Å². The van der Waals surface area contributed by atoms with Crippen LogP contribution in [0.2, 0.25) is 0 Å². The fourth-order valence-corrected chi connectivity index (χ4v) is 2.53. The molecule has 0 spiro atoms. The molecular weight excluding hydrogens is 198 g/mol. The highest BCUT2D eigenvalue weighted by Crippen LogP contribution is 2.28. The molecule has 0 aliphatic heterocycles. The van der Waals surface area contributed by atoms with Crippen LogP contribution in [0.15, 0.2) is 23.6 Å². The molecule has 0 aliphatic rings. The molecule has 1 aromatic heterocycles. The minimum atomic E-state index is -0.888. The average molecular weight is 207 g/mol. The van der Waals surface area contributed by atoms with E-state index in [9.17, 15) is 4.79 Å². The number of carboxylic acids is 1. The zero-order chi connectivity index (χ0) is 10.1. The van der Waals surface area contributed by atoms with E-state index in [1.165, 1.54) is 11.3 Å². The van der Waals surface area contributed by atoms with E-state index in [4.69, 9.17) is 10.8 Å². The first-order valence-corrected chi connectivity index (χ1v) is 5.04. The number of aromatic carboxylic acids is 1. The molecule has 0 bridgehead atoms. The second-order valence-electron chi connectivity index (χ2n) is 2.95. The molecule has 3 N–H and O–H groups in total. The van der Waals surface area contributed by atoms with E-state index < -0.39 is 5.97 Å². The minimum absolute atomic E-state index is 0.354. The molecule has 0 fully saturated rings. The van der Waals surface area contributed by atoms with Crippen LogP contribution in [0, 0.1) is 0 Å². The van der Waals surface area contributed by atoms with Crippen molar-refractivity contribution < 1.29 is 9.90 Å². The Hall–Kier alpha value is -1.39. The van der Waals surface area contributed by atoms with E-state index >= 15 is 0 Å². The van der Waals surface area contributed by atoms with E-state index in [0.717, 1.165) is 15.6 Å². The van der Waals surface area contributed by atoms with Crippen LogP contribution in [0.25, 0.3) is 10.1 Å². The molecule has 0 saturated heterocycles. The van der Waals surface area contributed by atoms with Crippen LogP contribution < -0.4 is 5.73 Å². The van der Waals surface area contributed by atoms with Gasteiger partial charge in [-0.25, -0.2) is 4.79 Å². The lowest BCUT2D eigenvalue weighted by atomic mass is 10.1. The maximum atomic E-state index is 10.9. The van der Waals surface area contributed by atoms with Crippen molar-refractivity contribution in [2.24, 2.45) is 5.73 Å². The normalized spacial score (nSPS) is 10.6. The van der Waals surface area contributed by atoms with Gasteiger partial charge in [0.15, 0.2) is 0 Å². The summed E-state index contributed by atoms with van der Waals surface area (Å²) in [6.07, 6.45) is 0. The summed E-state index contributed by atoms with van der Waals surface area (Å²) in [4.78, 5) is 10.9. The lowest BCUT2D eigenvalue weighted by molar-refractivity contribution is 0.0699. The Kier molecular flexibility index (Phi) is 2.23. The van der Waals surface area contributed by atoms with Crippen molar-refractivity contribution in [3.05, 3.63) is 34.7 Å². The first kappa shape index (κ1) is 9.18. The Balaban J connectivity index is 2.76. The molecule has 2 rings (SSSR count). The topological polar surface area (TPSA) is 63.3 Å².